The van der Waals surface area contributed by atoms with Gasteiger partial charge in [0.25, 0.3) is 0 Å². The Labute approximate surface area is 419 Å². The summed E-state index contributed by atoms with van der Waals surface area (Å²) >= 11 is 0. The maximum atomic E-state index is 4.33. The third-order valence-electron chi connectivity index (χ3n) is 16.2. The van der Waals surface area contributed by atoms with Gasteiger partial charge in [-0.15, -0.1) is 0 Å². The van der Waals surface area contributed by atoms with E-state index in [0.29, 0.717) is 5.92 Å². The van der Waals surface area contributed by atoms with Gasteiger partial charge in [-0.1, -0.05) is 226 Å². The second-order valence-electron chi connectivity index (χ2n) is 20.2. The number of hydrogen-bond acceptors (Lipinski definition) is 0. The number of rotatable bonds is 7. The van der Waals surface area contributed by atoms with Crippen molar-refractivity contribution in [3.05, 3.63) is 268 Å². The van der Waals surface area contributed by atoms with Crippen molar-refractivity contribution in [2.75, 3.05) is 0 Å². The van der Waals surface area contributed by atoms with E-state index < -0.39 is 5.41 Å². The minimum absolute atomic E-state index is 0.362. The molecular formula is C71H56. The number of allylic oxidation sites excluding steroid dienone is 12. The lowest BCUT2D eigenvalue weighted by Gasteiger charge is -2.34. The Morgan fingerprint density at radius 3 is 1.93 bits per heavy atom. The molecule has 0 saturated heterocycles. The van der Waals surface area contributed by atoms with Crippen molar-refractivity contribution in [1.29, 1.82) is 0 Å². The molecule has 5 aliphatic rings. The molecule has 1 spiro atoms. The van der Waals surface area contributed by atoms with Crippen molar-refractivity contribution < 1.29 is 0 Å². The van der Waals surface area contributed by atoms with E-state index in [1.807, 2.05) is 12.2 Å². The van der Waals surface area contributed by atoms with Gasteiger partial charge in [-0.05, 0) is 190 Å². The normalized spacial score (nSPS) is 16.7. The van der Waals surface area contributed by atoms with E-state index in [1.165, 1.54) is 127 Å². The van der Waals surface area contributed by atoms with E-state index in [0.717, 1.165) is 42.4 Å². The van der Waals surface area contributed by atoms with Crippen LogP contribution in [0.2, 0.25) is 0 Å². The summed E-state index contributed by atoms with van der Waals surface area (Å²) in [5.41, 5.74) is 28.7. The van der Waals surface area contributed by atoms with Gasteiger partial charge in [0, 0.05) is 0 Å². The zero-order chi connectivity index (χ0) is 48.0. The maximum Gasteiger partial charge on any atom is 0.0737 e. The molecule has 0 amide bonds. The monoisotopic (exact) mass is 908 g/mol. The van der Waals surface area contributed by atoms with Gasteiger partial charge in [0.1, 0.15) is 0 Å². The van der Waals surface area contributed by atoms with Crippen LogP contribution in [0.25, 0.3) is 95.9 Å². The fraction of sp³-hybridized carbons (Fsp3) is 0.127. The lowest BCUT2D eigenvalue weighted by atomic mass is 9.66. The topological polar surface area (TPSA) is 0 Å². The van der Waals surface area contributed by atoms with E-state index in [9.17, 15) is 0 Å². The quantitative estimate of drug-likeness (QED) is 0.140. The molecule has 5 aliphatic carbocycles. The maximum absolute atomic E-state index is 4.33. The smallest absolute Gasteiger partial charge is 0.0737 e. The van der Waals surface area contributed by atoms with Crippen molar-refractivity contribution >= 4 is 51.4 Å². The molecule has 0 N–H and O–H groups in total. The van der Waals surface area contributed by atoms with Gasteiger partial charge >= 0.3 is 0 Å². The van der Waals surface area contributed by atoms with Crippen LogP contribution in [0.3, 0.4) is 0 Å². The first-order valence-corrected chi connectivity index (χ1v) is 25.6. The Kier molecular flexibility index (Phi) is 10.2. The number of benzene rings is 8. The second kappa shape index (κ2) is 16.8. The van der Waals surface area contributed by atoms with Crippen LogP contribution < -0.4 is 0 Å². The van der Waals surface area contributed by atoms with Gasteiger partial charge in [0.15, 0.2) is 0 Å². The molecular weight excluding hydrogens is 853 g/mol. The van der Waals surface area contributed by atoms with Crippen LogP contribution in [0, 0.1) is 5.92 Å². The molecule has 340 valence electrons. The molecule has 1 unspecified atom stereocenters. The summed E-state index contributed by atoms with van der Waals surface area (Å²) in [6.45, 7) is 14.7. The van der Waals surface area contributed by atoms with Gasteiger partial charge in [-0.2, -0.15) is 0 Å². The van der Waals surface area contributed by atoms with E-state index >= 15 is 0 Å². The van der Waals surface area contributed by atoms with Gasteiger partial charge < -0.3 is 0 Å². The minimum Gasteiger partial charge on any atom is -0.0991 e. The molecule has 0 saturated carbocycles. The SMILES string of the molecule is C=C/C=C\C(C(=C)C)=C(\C=CC)c1ccc(-c2c3c(c(-c4ccc5c6c(ccc5c4)-c4c5c(c7c(c4C64c6ccccc6-c6ccccc64)C=CCC7)C=CC(C)C=C5)c4ccccc24)C=CCC3)cc1. The van der Waals surface area contributed by atoms with Crippen molar-refractivity contribution in [1.82, 2.24) is 0 Å². The Bertz CT molecular complexity index is 3810. The van der Waals surface area contributed by atoms with Crippen LogP contribution in [-0.2, 0) is 18.3 Å². The summed E-state index contributed by atoms with van der Waals surface area (Å²) < 4.78 is 0. The molecule has 8 aromatic rings. The van der Waals surface area contributed by atoms with Crippen LogP contribution in [0.15, 0.2) is 206 Å². The zero-order valence-electron chi connectivity index (χ0n) is 40.9. The molecule has 71 heavy (non-hydrogen) atoms. The van der Waals surface area contributed by atoms with Crippen LogP contribution >= 0.6 is 0 Å². The Morgan fingerprint density at radius 2 is 1.23 bits per heavy atom. The summed E-state index contributed by atoms with van der Waals surface area (Å²) in [5.74, 6) is 0.362. The summed E-state index contributed by atoms with van der Waals surface area (Å²) in [4.78, 5) is 0. The first kappa shape index (κ1) is 43.0. The highest BCUT2D eigenvalue weighted by molar-refractivity contribution is 6.13. The average molecular weight is 909 g/mol. The van der Waals surface area contributed by atoms with Gasteiger partial charge in [-0.25, -0.2) is 0 Å². The molecule has 0 heteroatoms. The fourth-order valence-corrected chi connectivity index (χ4v) is 13.3. The average Bonchev–Trinajstić information content (AvgIpc) is 3.80. The van der Waals surface area contributed by atoms with Crippen LogP contribution in [-0.4, -0.2) is 0 Å². The molecule has 0 bridgehead atoms. The Hall–Kier alpha value is -8.06. The summed E-state index contributed by atoms with van der Waals surface area (Å²) in [6.07, 6.45) is 33.7. The van der Waals surface area contributed by atoms with Crippen molar-refractivity contribution in [3.63, 3.8) is 0 Å². The van der Waals surface area contributed by atoms with Crippen molar-refractivity contribution in [2.24, 2.45) is 5.92 Å². The second-order valence-corrected chi connectivity index (χ2v) is 20.2. The van der Waals surface area contributed by atoms with Crippen molar-refractivity contribution in [3.8, 4) is 44.5 Å². The summed E-state index contributed by atoms with van der Waals surface area (Å²) in [7, 11) is 0. The molecule has 0 nitrogen and oxygen atoms in total. The third kappa shape index (κ3) is 6.30. The standard InChI is InChI=1S/C71H56/c1-6-8-20-50(44(3)4)51(19-7-2)46-33-35-47(36-34-46)66-57-24-10-12-26-59(57)67(60-27-13-11-25-58(60)66)49-38-41-52-48(43-49)37-42-63-68-61-40-32-45(5)31-39-54(61)53-21-9-14-28-62(53)70(68)71(69(52)63)64-29-17-15-22-55(64)56-23-16-18-30-65(56)71/h6-8,10,12-20,22-24,26-43,45H,1,3,9,11,21,25H2,2,4-5H3/b19-7?,20-8-,51-50+. The summed E-state index contributed by atoms with van der Waals surface area (Å²) in [5, 5.41) is 5.17. The highest BCUT2D eigenvalue weighted by atomic mass is 14.6. The predicted octanol–water partition coefficient (Wildman–Crippen LogP) is 18.9. The lowest BCUT2D eigenvalue weighted by Crippen LogP contribution is -2.28. The fourth-order valence-electron chi connectivity index (χ4n) is 13.3. The highest BCUT2D eigenvalue weighted by Crippen LogP contribution is 2.67. The molecule has 8 aromatic carbocycles. The molecule has 13 rings (SSSR count). The molecule has 0 heterocycles. The predicted molar refractivity (Wildman–Crippen MR) is 306 cm³/mol. The van der Waals surface area contributed by atoms with E-state index in [-0.39, 0.29) is 0 Å². The molecule has 0 fully saturated rings. The van der Waals surface area contributed by atoms with Gasteiger partial charge in [-0.3, -0.25) is 0 Å². The highest BCUT2D eigenvalue weighted by Gasteiger charge is 2.54. The largest absolute Gasteiger partial charge is 0.0991 e. The Morgan fingerprint density at radius 1 is 0.577 bits per heavy atom. The minimum atomic E-state index is -0.487. The summed E-state index contributed by atoms with van der Waals surface area (Å²) in [6, 6.07) is 49.3. The first-order valence-electron chi connectivity index (χ1n) is 25.6. The van der Waals surface area contributed by atoms with Crippen LogP contribution in [0.5, 0.6) is 0 Å². The van der Waals surface area contributed by atoms with Gasteiger partial charge in [0.2, 0.25) is 0 Å². The number of hydrogen-bond donors (Lipinski definition) is 0. The van der Waals surface area contributed by atoms with Gasteiger partial charge in [0.05, 0.1) is 5.41 Å². The van der Waals surface area contributed by atoms with E-state index in [2.05, 4.69) is 228 Å². The molecule has 0 radical (unpaired) electrons. The van der Waals surface area contributed by atoms with Crippen LogP contribution in [0.1, 0.15) is 94.8 Å². The lowest BCUT2D eigenvalue weighted by molar-refractivity contribution is 0.793. The third-order valence-corrected chi connectivity index (χ3v) is 16.2. The molecule has 1 atom stereocenters. The first-order chi connectivity index (χ1) is 34.9. The van der Waals surface area contributed by atoms with Crippen LogP contribution in [0.4, 0.5) is 0 Å². The molecule has 0 aromatic heterocycles. The van der Waals surface area contributed by atoms with E-state index in [1.54, 1.807) is 0 Å². The molecule has 0 aliphatic heterocycles. The zero-order valence-corrected chi connectivity index (χ0v) is 40.9. The Balaban J connectivity index is 1.05. The van der Waals surface area contributed by atoms with Crippen molar-refractivity contribution in [2.45, 2.75) is 51.9 Å². The van der Waals surface area contributed by atoms with E-state index in [4.69, 9.17) is 0 Å². The number of fused-ring (bicyclic) bond motifs is 19.